The molecule has 1 aliphatic heterocycles. The van der Waals surface area contributed by atoms with E-state index in [1.165, 1.54) is 24.3 Å². The maximum atomic E-state index is 13.9. The maximum Gasteiger partial charge on any atom is 0.418 e. The van der Waals surface area contributed by atoms with Gasteiger partial charge in [0.2, 0.25) is 11.9 Å². The van der Waals surface area contributed by atoms with E-state index in [1.54, 1.807) is 15.9 Å². The number of alkyl halides is 3. The first kappa shape index (κ1) is 21.7. The van der Waals surface area contributed by atoms with E-state index < -0.39 is 11.7 Å². The number of amides is 1. The number of benzene rings is 1. The average Bonchev–Trinajstić information content (AvgIpc) is 3.46. The van der Waals surface area contributed by atoms with Gasteiger partial charge in [-0.2, -0.15) is 18.2 Å². The van der Waals surface area contributed by atoms with Crippen LogP contribution in [-0.4, -0.2) is 53.0 Å². The minimum atomic E-state index is -4.53. The van der Waals surface area contributed by atoms with E-state index in [0.29, 0.717) is 38.0 Å². The van der Waals surface area contributed by atoms with Crippen LogP contribution in [0.15, 0.2) is 29.6 Å². The number of nitrogens with one attached hydrogen (secondary N) is 2. The minimum Gasteiger partial charge on any atom is -0.367 e. The Morgan fingerprint density at radius 3 is 2.55 bits per heavy atom. The lowest BCUT2D eigenvalue weighted by Crippen LogP contribution is -2.48. The number of halogens is 3. The molecule has 33 heavy (non-hydrogen) atoms. The molecule has 1 aliphatic carbocycles. The molecule has 3 aromatic rings. The number of piperazine rings is 1. The highest BCUT2D eigenvalue weighted by Crippen LogP contribution is 2.39. The van der Waals surface area contributed by atoms with E-state index >= 15 is 0 Å². The van der Waals surface area contributed by atoms with Crippen molar-refractivity contribution >= 4 is 50.6 Å². The van der Waals surface area contributed by atoms with Gasteiger partial charge in [-0.05, 0) is 42.5 Å². The molecule has 0 spiro atoms. The molecule has 2 aromatic heterocycles. The zero-order valence-electron chi connectivity index (χ0n) is 17.9. The first-order valence-electron chi connectivity index (χ1n) is 10.8. The van der Waals surface area contributed by atoms with Gasteiger partial charge < -0.3 is 20.4 Å². The number of hydrogen-bond acceptors (Lipinski definition) is 7. The van der Waals surface area contributed by atoms with Gasteiger partial charge in [-0.25, -0.2) is 4.98 Å². The second-order valence-electron chi connectivity index (χ2n) is 8.30. The van der Waals surface area contributed by atoms with Crippen molar-refractivity contribution in [2.75, 3.05) is 41.7 Å². The fourth-order valence-corrected chi connectivity index (χ4v) is 4.73. The number of fused-ring (bicyclic) bond motifs is 1. The molecule has 7 nitrogen and oxygen atoms in total. The molecule has 3 heterocycles. The molecule has 11 heteroatoms. The Morgan fingerprint density at radius 1 is 1.12 bits per heavy atom. The van der Waals surface area contributed by atoms with Crippen LogP contribution in [0.25, 0.3) is 10.2 Å². The van der Waals surface area contributed by atoms with Crippen molar-refractivity contribution in [3.05, 3.63) is 35.2 Å². The molecule has 174 valence electrons. The number of rotatable bonds is 5. The summed E-state index contributed by atoms with van der Waals surface area (Å²) in [5, 5.41) is 8.25. The van der Waals surface area contributed by atoms with Gasteiger partial charge in [0, 0.05) is 50.5 Å². The van der Waals surface area contributed by atoms with Crippen LogP contribution in [0.1, 0.15) is 25.3 Å². The third kappa shape index (κ3) is 4.68. The number of anilines is 4. The van der Waals surface area contributed by atoms with E-state index in [1.807, 2.05) is 11.4 Å². The first-order chi connectivity index (χ1) is 15.8. The molecule has 1 amide bonds. The molecule has 0 radical (unpaired) electrons. The molecule has 2 aliphatic rings. The fourth-order valence-electron chi connectivity index (χ4n) is 3.95. The summed E-state index contributed by atoms with van der Waals surface area (Å²) in [4.78, 5) is 23.9. The van der Waals surface area contributed by atoms with Crippen molar-refractivity contribution in [1.82, 2.24) is 14.9 Å². The lowest BCUT2D eigenvalue weighted by atomic mass is 10.1. The van der Waals surface area contributed by atoms with Crippen LogP contribution in [0.4, 0.5) is 36.3 Å². The predicted octanol–water partition coefficient (Wildman–Crippen LogP) is 4.70. The third-order valence-corrected chi connectivity index (χ3v) is 6.76. The average molecular weight is 477 g/mol. The van der Waals surface area contributed by atoms with Crippen molar-refractivity contribution in [2.24, 2.45) is 0 Å². The molecule has 2 N–H and O–H groups in total. The second-order valence-corrected chi connectivity index (χ2v) is 9.21. The first-order valence-corrected chi connectivity index (χ1v) is 11.7. The van der Waals surface area contributed by atoms with Crippen LogP contribution >= 0.6 is 11.3 Å². The van der Waals surface area contributed by atoms with Gasteiger partial charge >= 0.3 is 6.18 Å². The summed E-state index contributed by atoms with van der Waals surface area (Å²) in [5.74, 6) is 0.888. The number of thiophene rings is 1. The Hall–Kier alpha value is -3.08. The van der Waals surface area contributed by atoms with E-state index in [4.69, 9.17) is 0 Å². The van der Waals surface area contributed by atoms with E-state index in [2.05, 4.69) is 20.6 Å². The number of hydrogen-bond donors (Lipinski definition) is 2. The third-order valence-electron chi connectivity index (χ3n) is 5.85. The molecule has 0 atom stereocenters. The van der Waals surface area contributed by atoms with Crippen molar-refractivity contribution in [3.63, 3.8) is 0 Å². The summed E-state index contributed by atoms with van der Waals surface area (Å²) in [7, 11) is 0. The Balaban J connectivity index is 1.42. The zero-order valence-corrected chi connectivity index (χ0v) is 18.8. The van der Waals surface area contributed by atoms with Crippen molar-refractivity contribution in [2.45, 2.75) is 32.0 Å². The van der Waals surface area contributed by atoms with E-state index in [-0.39, 0.29) is 23.2 Å². The van der Waals surface area contributed by atoms with Gasteiger partial charge in [-0.3, -0.25) is 4.79 Å². The Labute approximate surface area is 192 Å². The van der Waals surface area contributed by atoms with E-state index in [0.717, 1.165) is 29.1 Å². The van der Waals surface area contributed by atoms with Crippen molar-refractivity contribution in [1.29, 1.82) is 0 Å². The van der Waals surface area contributed by atoms with Gasteiger partial charge in [0.25, 0.3) is 0 Å². The van der Waals surface area contributed by atoms with Crippen molar-refractivity contribution in [3.8, 4) is 0 Å². The maximum absolute atomic E-state index is 13.9. The lowest BCUT2D eigenvalue weighted by molar-refractivity contribution is -0.137. The lowest BCUT2D eigenvalue weighted by Gasteiger charge is -2.36. The second kappa shape index (κ2) is 8.36. The molecule has 1 saturated heterocycles. The molecular weight excluding hydrogens is 453 g/mol. The van der Waals surface area contributed by atoms with Gasteiger partial charge in [0.1, 0.15) is 5.82 Å². The number of nitrogens with zero attached hydrogens (tertiary/aromatic N) is 4. The molecular formula is C22H23F3N6OS. The zero-order chi connectivity index (χ0) is 23.2. The summed E-state index contributed by atoms with van der Waals surface area (Å²) in [6.07, 6.45) is -2.37. The largest absolute Gasteiger partial charge is 0.418 e. The van der Waals surface area contributed by atoms with Crippen molar-refractivity contribution < 1.29 is 18.0 Å². The number of aromatic nitrogens is 2. The van der Waals surface area contributed by atoms with Gasteiger partial charge in [0.15, 0.2) is 0 Å². The molecule has 2 fully saturated rings. The molecule has 0 unspecified atom stereocenters. The Bertz CT molecular complexity index is 1180. The molecule has 5 rings (SSSR count). The number of carbonyl (C=O) groups is 1. The van der Waals surface area contributed by atoms with Crippen LogP contribution in [-0.2, 0) is 11.0 Å². The summed E-state index contributed by atoms with van der Waals surface area (Å²) < 4.78 is 42.8. The smallest absolute Gasteiger partial charge is 0.367 e. The molecule has 1 saturated carbocycles. The predicted molar refractivity (Wildman–Crippen MR) is 123 cm³/mol. The Morgan fingerprint density at radius 2 is 1.88 bits per heavy atom. The fraction of sp³-hybridized carbons (Fsp3) is 0.409. The highest BCUT2D eigenvalue weighted by atomic mass is 32.1. The van der Waals surface area contributed by atoms with Gasteiger partial charge in [-0.1, -0.05) is 0 Å². The van der Waals surface area contributed by atoms with Crippen LogP contribution in [0.5, 0.6) is 0 Å². The van der Waals surface area contributed by atoms with Crippen LogP contribution in [0, 0.1) is 0 Å². The summed E-state index contributed by atoms with van der Waals surface area (Å²) in [6, 6.07) is 6.44. The molecule has 1 aromatic carbocycles. The van der Waals surface area contributed by atoms with Gasteiger partial charge in [0.05, 0.1) is 15.8 Å². The monoisotopic (exact) mass is 476 g/mol. The highest BCUT2D eigenvalue weighted by molar-refractivity contribution is 7.17. The van der Waals surface area contributed by atoms with Crippen LogP contribution < -0.4 is 15.5 Å². The topological polar surface area (TPSA) is 73.4 Å². The SMILES string of the molecule is CC(=O)N1CCN(c2ccc(Nc3nc(NC4CC4)c4sccc4n3)cc2C(F)(F)F)CC1. The standard InChI is InChI=1S/C22H23F3N6OS/c1-13(32)30-7-9-31(10-8-30)18-5-4-15(12-16(18)22(23,24)25)27-21-28-17-6-11-33-19(17)20(29-21)26-14-2-3-14/h4-6,11-12,14H,2-3,7-10H2,1H3,(H2,26,27,28,29). The summed E-state index contributed by atoms with van der Waals surface area (Å²) >= 11 is 1.53. The highest BCUT2D eigenvalue weighted by Gasteiger charge is 2.36. The quantitative estimate of drug-likeness (QED) is 0.556. The normalized spacial score (nSPS) is 16.8. The van der Waals surface area contributed by atoms with E-state index in [9.17, 15) is 18.0 Å². The van der Waals surface area contributed by atoms with Crippen LogP contribution in [0.2, 0.25) is 0 Å². The molecule has 0 bridgehead atoms. The minimum absolute atomic E-state index is 0.0663. The number of carbonyl (C=O) groups excluding carboxylic acids is 1. The summed E-state index contributed by atoms with van der Waals surface area (Å²) in [6.45, 7) is 2.97. The van der Waals surface area contributed by atoms with Crippen LogP contribution in [0.3, 0.4) is 0 Å². The Kier molecular flexibility index (Phi) is 5.51. The summed E-state index contributed by atoms with van der Waals surface area (Å²) in [5.41, 5.74) is 0.398. The van der Waals surface area contributed by atoms with Gasteiger partial charge in [-0.15, -0.1) is 11.3 Å².